The van der Waals surface area contributed by atoms with E-state index in [1.54, 1.807) is 19.0 Å². The number of rotatable bonds is 5. The molecule has 0 bridgehead atoms. The summed E-state index contributed by atoms with van der Waals surface area (Å²) in [4.78, 5) is 26.2. The van der Waals surface area contributed by atoms with Crippen LogP contribution < -0.4 is 21.7 Å². The summed E-state index contributed by atoms with van der Waals surface area (Å²) in [6.45, 7) is 8.08. The van der Waals surface area contributed by atoms with E-state index in [-0.39, 0.29) is 5.91 Å². The van der Waals surface area contributed by atoms with Crippen LogP contribution in [0.5, 0.6) is 0 Å². The Morgan fingerprint density at radius 1 is 0.769 bits per heavy atom. The van der Waals surface area contributed by atoms with Crippen molar-refractivity contribution in [1.29, 1.82) is 0 Å². The number of amides is 2. The van der Waals surface area contributed by atoms with Crippen molar-refractivity contribution in [2.45, 2.75) is 33.1 Å². The maximum atomic E-state index is 12.9. The summed E-state index contributed by atoms with van der Waals surface area (Å²) in [5.41, 5.74) is 25.1. The van der Waals surface area contributed by atoms with E-state index in [4.69, 9.17) is 11.5 Å². The molecule has 198 valence electrons. The first-order valence-corrected chi connectivity index (χ1v) is 13.0. The zero-order chi connectivity index (χ0) is 28.2. The number of hydrogen-bond acceptors (Lipinski definition) is 4. The van der Waals surface area contributed by atoms with Crippen molar-refractivity contribution in [3.63, 3.8) is 0 Å². The number of nitrogens with two attached hydrogens (primary N) is 2. The molecule has 2 amide bonds. The fourth-order valence-electron chi connectivity index (χ4n) is 6.05. The molecule has 1 aliphatic carbocycles. The summed E-state index contributed by atoms with van der Waals surface area (Å²) in [6.07, 6.45) is 0.810. The largest absolute Gasteiger partial charge is 0.398 e. The van der Waals surface area contributed by atoms with E-state index < -0.39 is 5.41 Å². The number of nitrogens with one attached hydrogen (secondary N) is 1. The Kier molecular flexibility index (Phi) is 6.22. The van der Waals surface area contributed by atoms with Gasteiger partial charge in [-0.1, -0.05) is 36.4 Å². The molecule has 6 heteroatoms. The molecule has 0 aromatic heterocycles. The number of hydrogen-bond donors (Lipinski definition) is 3. The SMILES string of the molecule is CNC(=O)c1ccc2c(c1)C(c1cc(C)c(N)c(C)c1)(c1cc(C)c(N)c(C)c1)c1cc(N(C)C=O)ccc1-2. The Labute approximate surface area is 229 Å². The van der Waals surface area contributed by atoms with E-state index >= 15 is 0 Å². The third-order valence-electron chi connectivity index (χ3n) is 8.23. The van der Waals surface area contributed by atoms with Gasteiger partial charge in [0.1, 0.15) is 0 Å². The smallest absolute Gasteiger partial charge is 0.251 e. The van der Waals surface area contributed by atoms with Crippen molar-refractivity contribution in [1.82, 2.24) is 5.32 Å². The minimum Gasteiger partial charge on any atom is -0.398 e. The Hall–Kier alpha value is -4.58. The van der Waals surface area contributed by atoms with Crippen LogP contribution in [-0.4, -0.2) is 26.4 Å². The van der Waals surface area contributed by atoms with E-state index in [1.165, 1.54) is 0 Å². The average molecular weight is 519 g/mol. The topological polar surface area (TPSA) is 101 Å². The first kappa shape index (κ1) is 26.0. The van der Waals surface area contributed by atoms with Gasteiger partial charge in [-0.3, -0.25) is 9.59 Å². The standard InChI is InChI=1S/C33H34N4O2/c1-18-11-23(12-19(2)30(18)34)33(24-13-20(3)31(35)21(4)14-24)28-15-22(32(39)36-5)7-9-26(28)27-10-8-25(16-29(27)33)37(6)17-38/h7-17H,34-35H2,1-6H3,(H,36,39). The van der Waals surface area contributed by atoms with Crippen molar-refractivity contribution in [2.24, 2.45) is 0 Å². The molecule has 0 saturated carbocycles. The lowest BCUT2D eigenvalue weighted by molar-refractivity contribution is -0.107. The van der Waals surface area contributed by atoms with Gasteiger partial charge in [0.2, 0.25) is 6.41 Å². The molecule has 0 heterocycles. The minimum absolute atomic E-state index is 0.154. The minimum atomic E-state index is -0.791. The van der Waals surface area contributed by atoms with Gasteiger partial charge in [-0.15, -0.1) is 0 Å². The summed E-state index contributed by atoms with van der Waals surface area (Å²) in [5.74, 6) is -0.154. The Morgan fingerprint density at radius 2 is 1.23 bits per heavy atom. The number of nitrogens with zero attached hydrogens (tertiary/aromatic N) is 1. The van der Waals surface area contributed by atoms with Crippen LogP contribution in [0.2, 0.25) is 0 Å². The number of carbonyl (C=O) groups is 2. The molecule has 0 spiro atoms. The van der Waals surface area contributed by atoms with Crippen molar-refractivity contribution >= 4 is 29.4 Å². The van der Waals surface area contributed by atoms with Crippen molar-refractivity contribution in [2.75, 3.05) is 30.5 Å². The number of benzene rings is 4. The van der Waals surface area contributed by atoms with Crippen LogP contribution in [0.15, 0.2) is 60.7 Å². The normalized spacial score (nSPS) is 13.0. The van der Waals surface area contributed by atoms with Crippen LogP contribution in [0.1, 0.15) is 54.9 Å². The molecule has 0 radical (unpaired) electrons. The van der Waals surface area contributed by atoms with E-state index in [0.29, 0.717) is 5.56 Å². The highest BCUT2D eigenvalue weighted by molar-refractivity contribution is 5.97. The lowest BCUT2D eigenvalue weighted by atomic mass is 9.66. The molecule has 0 fully saturated rings. The lowest BCUT2D eigenvalue weighted by Crippen LogP contribution is -2.30. The zero-order valence-electron chi connectivity index (χ0n) is 23.3. The van der Waals surface area contributed by atoms with Crippen molar-refractivity contribution in [3.8, 4) is 11.1 Å². The van der Waals surface area contributed by atoms with Crippen LogP contribution in [0.25, 0.3) is 11.1 Å². The fourth-order valence-corrected chi connectivity index (χ4v) is 6.05. The van der Waals surface area contributed by atoms with E-state index in [9.17, 15) is 9.59 Å². The van der Waals surface area contributed by atoms with Gasteiger partial charge in [0, 0.05) is 36.7 Å². The van der Waals surface area contributed by atoms with Gasteiger partial charge in [-0.2, -0.15) is 0 Å². The van der Waals surface area contributed by atoms with Gasteiger partial charge in [0.25, 0.3) is 5.91 Å². The summed E-state index contributed by atoms with van der Waals surface area (Å²) < 4.78 is 0. The highest BCUT2D eigenvalue weighted by Crippen LogP contribution is 2.57. The molecule has 39 heavy (non-hydrogen) atoms. The first-order valence-electron chi connectivity index (χ1n) is 13.0. The fraction of sp³-hybridized carbons (Fsp3) is 0.212. The number of nitrogen functional groups attached to an aromatic ring is 2. The van der Waals surface area contributed by atoms with Gasteiger partial charge in [0.05, 0.1) is 5.41 Å². The zero-order valence-corrected chi connectivity index (χ0v) is 23.3. The van der Waals surface area contributed by atoms with Crippen LogP contribution >= 0.6 is 0 Å². The van der Waals surface area contributed by atoms with Crippen molar-refractivity contribution in [3.05, 3.63) is 111 Å². The summed E-state index contributed by atoms with van der Waals surface area (Å²) in [7, 11) is 3.38. The molecule has 5 N–H and O–H groups in total. The van der Waals surface area contributed by atoms with Gasteiger partial charge in [-0.05, 0) is 108 Å². The highest BCUT2D eigenvalue weighted by Gasteiger charge is 2.47. The maximum absolute atomic E-state index is 12.9. The molecule has 6 nitrogen and oxygen atoms in total. The molecular weight excluding hydrogens is 484 g/mol. The van der Waals surface area contributed by atoms with Crippen LogP contribution in [-0.2, 0) is 10.2 Å². The molecule has 4 aromatic carbocycles. The van der Waals surface area contributed by atoms with Gasteiger partial charge < -0.3 is 21.7 Å². The van der Waals surface area contributed by atoms with Crippen molar-refractivity contribution < 1.29 is 9.59 Å². The Morgan fingerprint density at radius 3 is 1.69 bits per heavy atom. The van der Waals surface area contributed by atoms with Gasteiger partial charge in [-0.25, -0.2) is 0 Å². The second-order valence-corrected chi connectivity index (χ2v) is 10.6. The maximum Gasteiger partial charge on any atom is 0.251 e. The van der Waals surface area contributed by atoms with E-state index in [1.807, 2.05) is 52.0 Å². The third-order valence-corrected chi connectivity index (χ3v) is 8.23. The molecule has 1 aliphatic rings. The van der Waals surface area contributed by atoms with Crippen LogP contribution in [0, 0.1) is 27.7 Å². The van der Waals surface area contributed by atoms with Gasteiger partial charge >= 0.3 is 0 Å². The lowest BCUT2D eigenvalue weighted by Gasteiger charge is -2.36. The van der Waals surface area contributed by atoms with Crippen LogP contribution in [0.4, 0.5) is 17.1 Å². The third kappa shape index (κ3) is 3.78. The monoisotopic (exact) mass is 518 g/mol. The Balaban J connectivity index is 2.02. The van der Waals surface area contributed by atoms with Crippen LogP contribution in [0.3, 0.4) is 0 Å². The quantitative estimate of drug-likeness (QED) is 0.214. The first-order chi connectivity index (χ1) is 18.5. The average Bonchev–Trinajstić information content (AvgIpc) is 3.22. The molecule has 0 aliphatic heterocycles. The second-order valence-electron chi connectivity index (χ2n) is 10.6. The predicted molar refractivity (Wildman–Crippen MR) is 159 cm³/mol. The van der Waals surface area contributed by atoms with Gasteiger partial charge in [0.15, 0.2) is 0 Å². The molecule has 5 rings (SSSR count). The molecule has 0 unspecified atom stereocenters. The molecular formula is C33H34N4O2. The Bertz CT molecular complexity index is 1570. The molecule has 4 aromatic rings. The molecule has 0 atom stereocenters. The molecule has 0 saturated heterocycles. The number of fused-ring (bicyclic) bond motifs is 3. The van der Waals surface area contributed by atoms with E-state index in [0.717, 1.165) is 79.1 Å². The number of anilines is 3. The summed E-state index contributed by atoms with van der Waals surface area (Å²) in [5, 5.41) is 2.77. The van der Waals surface area contributed by atoms with E-state index in [2.05, 4.69) is 41.7 Å². The number of carbonyl (C=O) groups excluding carboxylic acids is 2. The predicted octanol–water partition coefficient (Wildman–Crippen LogP) is 5.40. The highest BCUT2D eigenvalue weighted by atomic mass is 16.1. The summed E-state index contributed by atoms with van der Waals surface area (Å²) in [6, 6.07) is 20.6. The second kappa shape index (κ2) is 9.31. The number of aryl methyl sites for hydroxylation is 4. The summed E-state index contributed by atoms with van der Waals surface area (Å²) >= 11 is 0.